The van der Waals surface area contributed by atoms with Crippen LogP contribution in [0.1, 0.15) is 20.3 Å². The summed E-state index contributed by atoms with van der Waals surface area (Å²) in [5.41, 5.74) is -0.735. The summed E-state index contributed by atoms with van der Waals surface area (Å²) < 4.78 is 10.0. The number of methoxy groups -OCH3 is 2. The third kappa shape index (κ3) is 7.31. The summed E-state index contributed by atoms with van der Waals surface area (Å²) in [6.07, 6.45) is 0.899. The van der Waals surface area contributed by atoms with Crippen LogP contribution in [0.5, 0.6) is 0 Å². The van der Waals surface area contributed by atoms with Gasteiger partial charge in [-0.1, -0.05) is 0 Å². The topological polar surface area (TPSA) is 59.0 Å². The van der Waals surface area contributed by atoms with Crippen molar-refractivity contribution in [2.75, 3.05) is 47.1 Å². The maximum Gasteiger partial charge on any atom is 0.310 e. The summed E-state index contributed by atoms with van der Waals surface area (Å²) in [5.74, 6) is -0.772. The van der Waals surface area contributed by atoms with Crippen molar-refractivity contribution in [2.45, 2.75) is 20.3 Å². The van der Waals surface area contributed by atoms with Crippen LogP contribution in [0.3, 0.4) is 0 Å². The number of nitrogens with zero attached hydrogens (tertiary/aromatic N) is 1. The molecule has 17 heavy (non-hydrogen) atoms. The molecule has 0 radical (unpaired) electrons. The van der Waals surface area contributed by atoms with Gasteiger partial charge < -0.3 is 14.6 Å². The van der Waals surface area contributed by atoms with Gasteiger partial charge in [-0.05, 0) is 20.3 Å². The molecule has 0 aromatic carbocycles. The second-order valence-electron chi connectivity index (χ2n) is 4.80. The minimum Gasteiger partial charge on any atom is -0.481 e. The van der Waals surface area contributed by atoms with Crippen LogP contribution in [0.25, 0.3) is 0 Å². The monoisotopic (exact) mass is 247 g/mol. The summed E-state index contributed by atoms with van der Waals surface area (Å²) in [7, 11) is 3.32. The lowest BCUT2D eigenvalue weighted by atomic mass is 9.93. The maximum absolute atomic E-state index is 11.1. The average molecular weight is 247 g/mol. The van der Waals surface area contributed by atoms with Gasteiger partial charge >= 0.3 is 5.97 Å². The van der Waals surface area contributed by atoms with Gasteiger partial charge in [0.2, 0.25) is 0 Å². The maximum atomic E-state index is 11.1. The molecule has 0 amide bonds. The van der Waals surface area contributed by atoms with Crippen LogP contribution in [0.2, 0.25) is 0 Å². The lowest BCUT2D eigenvalue weighted by Gasteiger charge is -2.29. The Morgan fingerprint density at radius 3 is 2.24 bits per heavy atom. The fraction of sp³-hybridized carbons (Fsp3) is 0.917. The Hall–Kier alpha value is -0.650. The van der Waals surface area contributed by atoms with E-state index in [0.29, 0.717) is 19.8 Å². The molecular weight excluding hydrogens is 222 g/mol. The number of carboxylic acids is 1. The third-order valence-electron chi connectivity index (χ3n) is 2.63. The predicted molar refractivity (Wildman–Crippen MR) is 66.2 cm³/mol. The molecule has 0 aromatic rings. The summed E-state index contributed by atoms with van der Waals surface area (Å²) >= 11 is 0. The van der Waals surface area contributed by atoms with Crippen molar-refractivity contribution in [1.82, 2.24) is 4.90 Å². The molecule has 0 saturated heterocycles. The highest BCUT2D eigenvalue weighted by Gasteiger charge is 2.29. The molecule has 0 bridgehead atoms. The number of rotatable bonds is 10. The second kappa shape index (κ2) is 8.44. The molecule has 0 spiro atoms. The summed E-state index contributed by atoms with van der Waals surface area (Å²) in [6, 6.07) is 0. The van der Waals surface area contributed by atoms with Crippen molar-refractivity contribution in [1.29, 1.82) is 0 Å². The number of hydrogen-bond acceptors (Lipinski definition) is 4. The van der Waals surface area contributed by atoms with Gasteiger partial charge in [0.05, 0.1) is 12.0 Å². The van der Waals surface area contributed by atoms with E-state index in [0.717, 1.165) is 19.5 Å². The normalized spacial score (nSPS) is 12.1. The molecule has 0 aliphatic heterocycles. The standard InChI is InChI=1S/C12H25NO4/c1-12(2,11(14)15)10-13(7-9-17-4)6-5-8-16-3/h5-10H2,1-4H3,(H,14,15). The van der Waals surface area contributed by atoms with Crippen LogP contribution >= 0.6 is 0 Å². The van der Waals surface area contributed by atoms with Gasteiger partial charge in [0.15, 0.2) is 0 Å². The lowest BCUT2D eigenvalue weighted by molar-refractivity contribution is -0.148. The largest absolute Gasteiger partial charge is 0.481 e. The Labute approximate surface area is 104 Å². The van der Waals surface area contributed by atoms with E-state index in [2.05, 4.69) is 4.90 Å². The van der Waals surface area contributed by atoms with Crippen molar-refractivity contribution in [2.24, 2.45) is 5.41 Å². The fourth-order valence-electron chi connectivity index (χ4n) is 1.55. The number of carboxylic acid groups (broad SMARTS) is 1. The average Bonchev–Trinajstić information content (AvgIpc) is 2.25. The highest BCUT2D eigenvalue weighted by Crippen LogP contribution is 2.17. The molecule has 0 heterocycles. The molecular formula is C12H25NO4. The van der Waals surface area contributed by atoms with Crippen LogP contribution in [0.15, 0.2) is 0 Å². The molecule has 1 N–H and O–H groups in total. The van der Waals surface area contributed by atoms with Crippen molar-refractivity contribution < 1.29 is 19.4 Å². The number of aliphatic carboxylic acids is 1. The summed E-state index contributed by atoms with van der Waals surface area (Å²) in [5, 5.41) is 9.10. The minimum atomic E-state index is -0.772. The van der Waals surface area contributed by atoms with Crippen LogP contribution < -0.4 is 0 Å². The Morgan fingerprint density at radius 1 is 1.18 bits per heavy atom. The van der Waals surface area contributed by atoms with Crippen LogP contribution in [0.4, 0.5) is 0 Å². The molecule has 0 saturated carbocycles. The zero-order valence-corrected chi connectivity index (χ0v) is 11.4. The smallest absolute Gasteiger partial charge is 0.310 e. The Balaban J connectivity index is 4.21. The highest BCUT2D eigenvalue weighted by molar-refractivity contribution is 5.73. The number of hydrogen-bond donors (Lipinski definition) is 1. The van der Waals surface area contributed by atoms with E-state index < -0.39 is 11.4 Å². The van der Waals surface area contributed by atoms with Gasteiger partial charge in [-0.3, -0.25) is 9.69 Å². The van der Waals surface area contributed by atoms with Crippen molar-refractivity contribution in [3.05, 3.63) is 0 Å². The SMILES string of the molecule is COCCCN(CCOC)CC(C)(C)C(=O)O. The Bertz CT molecular complexity index is 219. The van der Waals surface area contributed by atoms with E-state index in [1.54, 1.807) is 28.1 Å². The van der Waals surface area contributed by atoms with Gasteiger partial charge in [0, 0.05) is 40.5 Å². The lowest BCUT2D eigenvalue weighted by Crippen LogP contribution is -2.41. The number of carbonyl (C=O) groups is 1. The van der Waals surface area contributed by atoms with Crippen molar-refractivity contribution in [3.63, 3.8) is 0 Å². The molecule has 5 nitrogen and oxygen atoms in total. The van der Waals surface area contributed by atoms with E-state index in [1.807, 2.05) is 0 Å². The Morgan fingerprint density at radius 2 is 1.76 bits per heavy atom. The fourth-order valence-corrected chi connectivity index (χ4v) is 1.55. The molecule has 0 aliphatic carbocycles. The van der Waals surface area contributed by atoms with Gasteiger partial charge in [-0.15, -0.1) is 0 Å². The molecule has 0 aromatic heterocycles. The van der Waals surface area contributed by atoms with Crippen LogP contribution in [-0.4, -0.2) is 63.0 Å². The second-order valence-corrected chi connectivity index (χ2v) is 4.80. The van der Waals surface area contributed by atoms with E-state index in [9.17, 15) is 4.79 Å². The molecule has 0 fully saturated rings. The first-order chi connectivity index (χ1) is 7.94. The van der Waals surface area contributed by atoms with Crippen LogP contribution in [-0.2, 0) is 14.3 Å². The molecule has 0 atom stereocenters. The zero-order valence-electron chi connectivity index (χ0n) is 11.4. The van der Waals surface area contributed by atoms with E-state index in [4.69, 9.17) is 14.6 Å². The molecule has 0 rings (SSSR count). The number of ether oxygens (including phenoxy) is 2. The van der Waals surface area contributed by atoms with E-state index in [-0.39, 0.29) is 0 Å². The first-order valence-corrected chi connectivity index (χ1v) is 5.87. The van der Waals surface area contributed by atoms with E-state index >= 15 is 0 Å². The zero-order chi connectivity index (χ0) is 13.3. The minimum absolute atomic E-state index is 0.523. The molecule has 102 valence electrons. The summed E-state index contributed by atoms with van der Waals surface area (Å²) in [6.45, 7) is 6.89. The summed E-state index contributed by atoms with van der Waals surface area (Å²) in [4.78, 5) is 13.2. The highest BCUT2D eigenvalue weighted by atomic mass is 16.5. The Kier molecular flexibility index (Phi) is 8.12. The van der Waals surface area contributed by atoms with Gasteiger partial charge in [0.25, 0.3) is 0 Å². The van der Waals surface area contributed by atoms with Crippen LogP contribution in [0, 0.1) is 5.41 Å². The van der Waals surface area contributed by atoms with Crippen molar-refractivity contribution >= 4 is 5.97 Å². The first-order valence-electron chi connectivity index (χ1n) is 5.87. The van der Waals surface area contributed by atoms with E-state index in [1.165, 1.54) is 0 Å². The molecule has 0 unspecified atom stereocenters. The third-order valence-corrected chi connectivity index (χ3v) is 2.63. The van der Waals surface area contributed by atoms with Gasteiger partial charge in [-0.25, -0.2) is 0 Å². The van der Waals surface area contributed by atoms with Gasteiger partial charge in [0.1, 0.15) is 0 Å². The van der Waals surface area contributed by atoms with Gasteiger partial charge in [-0.2, -0.15) is 0 Å². The molecule has 5 heteroatoms. The molecule has 0 aliphatic rings. The predicted octanol–water partition coefficient (Wildman–Crippen LogP) is 1.08. The quantitative estimate of drug-likeness (QED) is 0.585. The first kappa shape index (κ1) is 16.4. The van der Waals surface area contributed by atoms with Crippen molar-refractivity contribution in [3.8, 4) is 0 Å².